The number of allylic oxidation sites excluding steroid dienone is 1. The van der Waals surface area contributed by atoms with E-state index in [-0.39, 0.29) is 0 Å². The number of ether oxygens (including phenoxy) is 1. The first-order valence-corrected chi connectivity index (χ1v) is 4.80. The molecule has 0 aromatic heterocycles. The fourth-order valence-corrected chi connectivity index (χ4v) is 0.913. The third kappa shape index (κ3) is 7.23. The fraction of sp³-hybridized carbons (Fsp3) is 0.500. The number of rotatable bonds is 4. The first kappa shape index (κ1) is 9.23. The van der Waals surface area contributed by atoms with E-state index in [4.69, 9.17) is 5.73 Å². The lowest BCUT2D eigenvalue weighted by atomic mass is 10.3. The summed E-state index contributed by atoms with van der Waals surface area (Å²) in [5.41, 5.74) is 4.70. The van der Waals surface area contributed by atoms with E-state index >= 15 is 0 Å². The lowest BCUT2D eigenvalue weighted by molar-refractivity contribution is 0.196. The van der Waals surface area contributed by atoms with Gasteiger partial charge >= 0.3 is 6.09 Å². The number of carbonyl (C=O) groups excluding carboxylic acids is 1. The monoisotopic (exact) mass is 159 g/mol. The predicted octanol–water partition coefficient (Wildman–Crippen LogP) is 0.159. The van der Waals surface area contributed by atoms with Gasteiger partial charge in [0.05, 0.1) is 6.26 Å². The van der Waals surface area contributed by atoms with E-state index in [0.717, 1.165) is 6.42 Å². The first-order valence-electron chi connectivity index (χ1n) is 3.38. The smallest absolute Gasteiger partial charge is 0.409 e. The average molecular weight is 159 g/mol. The Morgan fingerprint density at radius 2 is 2.40 bits per heavy atom. The van der Waals surface area contributed by atoms with Crippen molar-refractivity contribution in [3.05, 3.63) is 12.3 Å². The van der Waals surface area contributed by atoms with Crippen molar-refractivity contribution in [3.8, 4) is 0 Å². The first-order chi connectivity index (χ1) is 4.77. The van der Waals surface area contributed by atoms with Crippen molar-refractivity contribution in [1.82, 2.24) is 0 Å². The molecule has 4 heteroatoms. The van der Waals surface area contributed by atoms with Gasteiger partial charge in [-0.15, -0.1) is 0 Å². The molecule has 0 saturated heterocycles. The molecule has 0 aromatic rings. The molecule has 0 bridgehead atoms. The largest absolute Gasteiger partial charge is 0.419 e. The Balaban J connectivity index is 3.12. The summed E-state index contributed by atoms with van der Waals surface area (Å²) < 4.78 is 4.36. The molecule has 0 aliphatic carbocycles. The van der Waals surface area contributed by atoms with Crippen molar-refractivity contribution in [2.45, 2.75) is 18.9 Å². The molecule has 10 heavy (non-hydrogen) atoms. The van der Waals surface area contributed by atoms with E-state index in [2.05, 4.69) is 4.74 Å². The third-order valence-electron chi connectivity index (χ3n) is 1.00. The molecule has 0 spiro atoms. The molecule has 0 radical (unpaired) electrons. The van der Waals surface area contributed by atoms with Crippen LogP contribution in [0.4, 0.5) is 4.79 Å². The quantitative estimate of drug-likeness (QED) is 0.361. The van der Waals surface area contributed by atoms with Crippen LogP contribution in [0.5, 0.6) is 0 Å². The number of carbonyl (C=O) groups is 1. The Labute approximate surface area is 63.7 Å². The molecule has 3 nitrogen and oxygen atoms in total. The van der Waals surface area contributed by atoms with Gasteiger partial charge < -0.3 is 10.5 Å². The molecule has 2 N–H and O–H groups in total. The molecule has 0 rings (SSSR count). The Morgan fingerprint density at radius 3 is 2.90 bits per heavy atom. The van der Waals surface area contributed by atoms with Gasteiger partial charge in [0.2, 0.25) is 0 Å². The maximum atomic E-state index is 9.99. The number of nitrogens with two attached hydrogens (primary N) is 1. The van der Waals surface area contributed by atoms with Crippen LogP contribution in [0.2, 0.25) is 6.04 Å². The zero-order valence-corrected chi connectivity index (χ0v) is 8.17. The summed E-state index contributed by atoms with van der Waals surface area (Å²) in [6, 6.07) is 1.28. The summed E-state index contributed by atoms with van der Waals surface area (Å²) in [6.45, 7) is 0. The molecule has 0 aliphatic rings. The van der Waals surface area contributed by atoms with Gasteiger partial charge in [-0.25, -0.2) is 4.79 Å². The molecular formula is C6H13NO2Si. The van der Waals surface area contributed by atoms with Gasteiger partial charge in [-0.1, -0.05) is 12.5 Å². The summed E-state index contributed by atoms with van der Waals surface area (Å²) in [5, 5.41) is 0. The second kappa shape index (κ2) is 6.35. The van der Waals surface area contributed by atoms with Gasteiger partial charge in [0.25, 0.3) is 0 Å². The summed E-state index contributed by atoms with van der Waals surface area (Å²) in [6.07, 6.45) is 4.55. The van der Waals surface area contributed by atoms with Crippen LogP contribution < -0.4 is 5.73 Å². The van der Waals surface area contributed by atoms with Gasteiger partial charge in [0, 0.05) is 10.2 Å². The minimum Gasteiger partial charge on any atom is -0.419 e. The van der Waals surface area contributed by atoms with E-state index in [1.807, 2.05) is 6.08 Å². The van der Waals surface area contributed by atoms with Crippen molar-refractivity contribution >= 4 is 16.3 Å². The topological polar surface area (TPSA) is 52.3 Å². The van der Waals surface area contributed by atoms with Gasteiger partial charge in [-0.2, -0.15) is 0 Å². The van der Waals surface area contributed by atoms with Crippen LogP contribution in [-0.4, -0.2) is 16.3 Å². The Bertz CT molecular complexity index is 125. The maximum absolute atomic E-state index is 9.99. The van der Waals surface area contributed by atoms with E-state index in [0.29, 0.717) is 0 Å². The highest BCUT2D eigenvalue weighted by atomic mass is 28.1. The van der Waals surface area contributed by atoms with Crippen molar-refractivity contribution in [2.24, 2.45) is 5.73 Å². The number of unbranched alkanes of at least 4 members (excludes halogenated alkanes) is 1. The highest BCUT2D eigenvalue weighted by molar-refractivity contribution is 6.08. The second-order valence-electron chi connectivity index (χ2n) is 1.95. The number of hydrogen-bond donors (Lipinski definition) is 1. The van der Waals surface area contributed by atoms with Crippen LogP contribution in [0.1, 0.15) is 12.8 Å². The lowest BCUT2D eigenvalue weighted by Crippen LogP contribution is -2.08. The van der Waals surface area contributed by atoms with Crippen molar-refractivity contribution < 1.29 is 9.53 Å². The van der Waals surface area contributed by atoms with Crippen LogP contribution in [0.15, 0.2) is 12.3 Å². The van der Waals surface area contributed by atoms with Crippen LogP contribution in [0, 0.1) is 0 Å². The number of amides is 1. The summed E-state index contributed by atoms with van der Waals surface area (Å²) in [4.78, 5) is 9.99. The summed E-state index contributed by atoms with van der Waals surface area (Å²) in [7, 11) is 1.24. The van der Waals surface area contributed by atoms with Crippen LogP contribution in [0.3, 0.4) is 0 Å². The Morgan fingerprint density at radius 1 is 1.70 bits per heavy atom. The highest BCUT2D eigenvalue weighted by Gasteiger charge is 1.84. The van der Waals surface area contributed by atoms with E-state index in [1.165, 1.54) is 29.0 Å². The number of primary amides is 1. The van der Waals surface area contributed by atoms with Gasteiger partial charge in [-0.3, -0.25) is 0 Å². The molecule has 0 fully saturated rings. The predicted molar refractivity (Wildman–Crippen MR) is 43.8 cm³/mol. The molecule has 1 amide bonds. The van der Waals surface area contributed by atoms with Crippen LogP contribution in [0.25, 0.3) is 0 Å². The van der Waals surface area contributed by atoms with E-state index in [1.54, 1.807) is 0 Å². The third-order valence-corrected chi connectivity index (χ3v) is 1.71. The van der Waals surface area contributed by atoms with Gasteiger partial charge in [0.15, 0.2) is 0 Å². The summed E-state index contributed by atoms with van der Waals surface area (Å²) >= 11 is 0. The molecule has 0 aromatic carbocycles. The average Bonchev–Trinajstić information content (AvgIpc) is 1.87. The molecule has 58 valence electrons. The maximum Gasteiger partial charge on any atom is 0.409 e. The SMILES string of the molecule is NC(=O)OC=CCCC[SiH3]. The molecule has 0 heterocycles. The zero-order chi connectivity index (χ0) is 7.82. The van der Waals surface area contributed by atoms with Gasteiger partial charge in [0.1, 0.15) is 0 Å². The highest BCUT2D eigenvalue weighted by Crippen LogP contribution is 1.93. The van der Waals surface area contributed by atoms with Crippen molar-refractivity contribution in [2.75, 3.05) is 0 Å². The second-order valence-corrected chi connectivity index (χ2v) is 2.95. The van der Waals surface area contributed by atoms with Crippen LogP contribution >= 0.6 is 0 Å². The molecule has 0 saturated carbocycles. The Hall–Kier alpha value is -0.773. The standard InChI is InChI=1S/C6H13NO2Si/c7-6(8)9-4-2-1-3-5-10/h2,4H,1,3,5H2,10H3,(H2,7,8). The lowest BCUT2D eigenvalue weighted by Gasteiger charge is -1.89. The van der Waals surface area contributed by atoms with E-state index in [9.17, 15) is 4.79 Å². The normalized spacial score (nSPS) is 10.4. The fourth-order valence-electron chi connectivity index (χ4n) is 0.505. The minimum atomic E-state index is -0.748. The minimum absolute atomic E-state index is 0.748. The van der Waals surface area contributed by atoms with Crippen molar-refractivity contribution in [3.63, 3.8) is 0 Å². The summed E-state index contributed by atoms with van der Waals surface area (Å²) in [5.74, 6) is 0. The van der Waals surface area contributed by atoms with Crippen LogP contribution in [-0.2, 0) is 4.74 Å². The molecule has 0 aliphatic heterocycles. The zero-order valence-electron chi connectivity index (χ0n) is 6.17. The molecular weight excluding hydrogens is 146 g/mol. The Kier molecular flexibility index (Phi) is 5.86. The molecule has 0 atom stereocenters. The van der Waals surface area contributed by atoms with Gasteiger partial charge in [-0.05, 0) is 12.5 Å². The van der Waals surface area contributed by atoms with E-state index < -0.39 is 6.09 Å². The molecule has 0 unspecified atom stereocenters. The number of hydrogen-bond acceptors (Lipinski definition) is 2. The van der Waals surface area contributed by atoms with Crippen molar-refractivity contribution in [1.29, 1.82) is 0 Å².